The molecule has 1 aliphatic carbocycles. The second kappa shape index (κ2) is 6.65. The van der Waals surface area contributed by atoms with Crippen molar-refractivity contribution >= 4 is 11.7 Å². The summed E-state index contributed by atoms with van der Waals surface area (Å²) in [5.41, 5.74) is 2.35. The van der Waals surface area contributed by atoms with Gasteiger partial charge in [-0.1, -0.05) is 36.3 Å². The average Bonchev–Trinajstić information content (AvgIpc) is 2.94. The van der Waals surface area contributed by atoms with Gasteiger partial charge in [-0.2, -0.15) is 0 Å². The van der Waals surface area contributed by atoms with Crippen molar-refractivity contribution in [1.82, 2.24) is 10.5 Å². The molecule has 1 unspecified atom stereocenters. The molecule has 6 heteroatoms. The van der Waals surface area contributed by atoms with Gasteiger partial charge in [0.2, 0.25) is 0 Å². The fraction of sp³-hybridized carbons (Fsp3) is 0.444. The molecule has 3 N–H and O–H groups in total. The minimum absolute atomic E-state index is 0.168. The van der Waals surface area contributed by atoms with E-state index in [1.54, 1.807) is 6.92 Å². The molecule has 0 spiro atoms. The quantitative estimate of drug-likeness (QED) is 0.805. The first-order chi connectivity index (χ1) is 11.5. The lowest BCUT2D eigenvalue weighted by molar-refractivity contribution is 0.0221. The number of benzene rings is 1. The van der Waals surface area contributed by atoms with Gasteiger partial charge in [-0.15, -0.1) is 0 Å². The summed E-state index contributed by atoms with van der Waals surface area (Å²) in [6, 6.07) is 7.50. The molecule has 1 atom stereocenters. The van der Waals surface area contributed by atoms with Gasteiger partial charge in [-0.3, -0.25) is 0 Å². The molecule has 0 saturated heterocycles. The van der Waals surface area contributed by atoms with E-state index in [1.807, 2.05) is 31.2 Å². The van der Waals surface area contributed by atoms with Crippen LogP contribution < -0.4 is 10.6 Å². The lowest BCUT2D eigenvalue weighted by atomic mass is 9.79. The third kappa shape index (κ3) is 3.14. The summed E-state index contributed by atoms with van der Waals surface area (Å²) >= 11 is 0. The van der Waals surface area contributed by atoms with Crippen molar-refractivity contribution < 1.29 is 14.4 Å². The molecule has 1 aromatic carbocycles. The number of anilines is 1. The molecule has 128 valence electrons. The third-order valence-corrected chi connectivity index (χ3v) is 4.60. The van der Waals surface area contributed by atoms with Gasteiger partial charge in [0, 0.05) is 0 Å². The van der Waals surface area contributed by atoms with Gasteiger partial charge in [-0.05, 0) is 43.7 Å². The fourth-order valence-corrected chi connectivity index (χ4v) is 3.29. The Balaban J connectivity index is 1.67. The van der Waals surface area contributed by atoms with E-state index in [9.17, 15) is 9.90 Å². The molecule has 0 fully saturated rings. The van der Waals surface area contributed by atoms with Gasteiger partial charge in [0.15, 0.2) is 5.76 Å². The Morgan fingerprint density at radius 3 is 3.00 bits per heavy atom. The van der Waals surface area contributed by atoms with Gasteiger partial charge in [0.05, 0.1) is 6.54 Å². The molecule has 1 aliphatic rings. The largest absolute Gasteiger partial charge is 0.383 e. The number of hydrogen-bond acceptors (Lipinski definition) is 4. The van der Waals surface area contributed by atoms with Crippen molar-refractivity contribution in [2.45, 2.75) is 45.1 Å². The first-order valence-electron chi connectivity index (χ1n) is 8.34. The highest BCUT2D eigenvalue weighted by Crippen LogP contribution is 2.34. The summed E-state index contributed by atoms with van der Waals surface area (Å²) in [5, 5.41) is 20.4. The van der Waals surface area contributed by atoms with Crippen LogP contribution >= 0.6 is 0 Å². The van der Waals surface area contributed by atoms with Crippen molar-refractivity contribution in [2.24, 2.45) is 0 Å². The molecule has 0 aliphatic heterocycles. The SMILES string of the molecule is CCc1noc(C)c1NC(=O)NCC1(O)CCCc2ccccc21. The number of fused-ring (bicyclic) bond motifs is 1. The van der Waals surface area contributed by atoms with E-state index in [0.29, 0.717) is 30.0 Å². The van der Waals surface area contributed by atoms with E-state index in [2.05, 4.69) is 15.8 Å². The lowest BCUT2D eigenvalue weighted by Gasteiger charge is -2.34. The van der Waals surface area contributed by atoms with Crippen LogP contribution in [0.5, 0.6) is 0 Å². The zero-order valence-corrected chi connectivity index (χ0v) is 14.1. The lowest BCUT2D eigenvalue weighted by Crippen LogP contribution is -2.44. The predicted molar refractivity (Wildman–Crippen MR) is 90.9 cm³/mol. The van der Waals surface area contributed by atoms with Crippen LogP contribution in [0.25, 0.3) is 0 Å². The number of nitrogens with one attached hydrogen (secondary N) is 2. The second-order valence-electron chi connectivity index (χ2n) is 6.26. The summed E-state index contributed by atoms with van der Waals surface area (Å²) in [5.74, 6) is 0.573. The van der Waals surface area contributed by atoms with Crippen molar-refractivity contribution in [3.05, 3.63) is 46.8 Å². The van der Waals surface area contributed by atoms with Crippen LogP contribution in [0.15, 0.2) is 28.8 Å². The van der Waals surface area contributed by atoms with Gasteiger partial charge in [-0.25, -0.2) is 4.79 Å². The number of carbonyl (C=O) groups excluding carboxylic acids is 1. The number of hydrogen-bond donors (Lipinski definition) is 3. The molecule has 0 bridgehead atoms. The summed E-state index contributed by atoms with van der Waals surface area (Å²) in [4.78, 5) is 12.2. The Morgan fingerprint density at radius 2 is 2.21 bits per heavy atom. The molecule has 1 heterocycles. The van der Waals surface area contributed by atoms with Crippen LogP contribution in [0.4, 0.5) is 10.5 Å². The molecule has 24 heavy (non-hydrogen) atoms. The van der Waals surface area contributed by atoms with Gasteiger partial charge in [0.25, 0.3) is 0 Å². The summed E-state index contributed by atoms with van der Waals surface area (Å²) in [6.45, 7) is 3.87. The van der Waals surface area contributed by atoms with E-state index in [0.717, 1.165) is 24.0 Å². The fourth-order valence-electron chi connectivity index (χ4n) is 3.29. The maximum absolute atomic E-state index is 12.2. The van der Waals surface area contributed by atoms with E-state index < -0.39 is 5.60 Å². The van der Waals surface area contributed by atoms with Crippen LogP contribution in [-0.2, 0) is 18.4 Å². The Kier molecular flexibility index (Phi) is 4.57. The molecule has 0 radical (unpaired) electrons. The minimum atomic E-state index is -1.02. The standard InChI is InChI=1S/C18H23N3O3/c1-3-15-16(12(2)24-21-15)20-17(22)19-11-18(23)10-6-8-13-7-4-5-9-14(13)18/h4-5,7,9,23H,3,6,8,10-11H2,1-2H3,(H2,19,20,22). The Morgan fingerprint density at radius 1 is 1.42 bits per heavy atom. The zero-order valence-electron chi connectivity index (χ0n) is 14.1. The summed E-state index contributed by atoms with van der Waals surface area (Å²) in [6.07, 6.45) is 3.17. The first-order valence-corrected chi connectivity index (χ1v) is 8.34. The number of urea groups is 1. The first kappa shape index (κ1) is 16.5. The normalized spacial score (nSPS) is 19.6. The second-order valence-corrected chi connectivity index (χ2v) is 6.26. The van der Waals surface area contributed by atoms with Crippen LogP contribution in [0.2, 0.25) is 0 Å². The molecular formula is C18H23N3O3. The highest BCUT2D eigenvalue weighted by atomic mass is 16.5. The maximum Gasteiger partial charge on any atom is 0.319 e. The molecule has 2 aromatic rings. The number of carbonyl (C=O) groups is 1. The van der Waals surface area contributed by atoms with Crippen molar-refractivity contribution in [2.75, 3.05) is 11.9 Å². The Labute approximate surface area is 141 Å². The molecular weight excluding hydrogens is 306 g/mol. The van der Waals surface area contributed by atoms with E-state index in [4.69, 9.17) is 4.52 Å². The predicted octanol–water partition coefficient (Wildman–Crippen LogP) is 2.89. The number of nitrogens with zero attached hydrogens (tertiary/aromatic N) is 1. The number of amides is 2. The van der Waals surface area contributed by atoms with Crippen LogP contribution in [0.1, 0.15) is 42.3 Å². The Hall–Kier alpha value is -2.34. The van der Waals surface area contributed by atoms with Crippen molar-refractivity contribution in [3.8, 4) is 0 Å². The number of rotatable bonds is 4. The molecule has 0 saturated carbocycles. The topological polar surface area (TPSA) is 87.4 Å². The molecule has 3 rings (SSSR count). The Bertz CT molecular complexity index is 741. The molecule has 6 nitrogen and oxygen atoms in total. The smallest absolute Gasteiger partial charge is 0.319 e. The highest BCUT2D eigenvalue weighted by Gasteiger charge is 2.34. The zero-order chi connectivity index (χ0) is 17.2. The number of aromatic nitrogens is 1. The summed E-state index contributed by atoms with van der Waals surface area (Å²) < 4.78 is 5.11. The molecule has 1 aromatic heterocycles. The van der Waals surface area contributed by atoms with E-state index in [-0.39, 0.29) is 12.6 Å². The van der Waals surface area contributed by atoms with E-state index in [1.165, 1.54) is 0 Å². The van der Waals surface area contributed by atoms with Crippen LogP contribution in [0, 0.1) is 6.92 Å². The van der Waals surface area contributed by atoms with Gasteiger partial charge >= 0.3 is 6.03 Å². The third-order valence-electron chi connectivity index (χ3n) is 4.60. The maximum atomic E-state index is 12.2. The molecule has 2 amide bonds. The minimum Gasteiger partial charge on any atom is -0.383 e. The number of aliphatic hydroxyl groups is 1. The highest BCUT2D eigenvalue weighted by molar-refractivity contribution is 5.90. The number of aryl methyl sites for hydroxylation is 3. The van der Waals surface area contributed by atoms with Gasteiger partial charge in [0.1, 0.15) is 17.0 Å². The van der Waals surface area contributed by atoms with Crippen LogP contribution in [-0.4, -0.2) is 22.8 Å². The van der Waals surface area contributed by atoms with Crippen LogP contribution in [0.3, 0.4) is 0 Å². The van der Waals surface area contributed by atoms with Gasteiger partial charge < -0.3 is 20.3 Å². The van der Waals surface area contributed by atoms with E-state index >= 15 is 0 Å². The average molecular weight is 329 g/mol. The summed E-state index contributed by atoms with van der Waals surface area (Å²) in [7, 11) is 0. The monoisotopic (exact) mass is 329 g/mol. The van der Waals surface area contributed by atoms with Crippen molar-refractivity contribution in [1.29, 1.82) is 0 Å². The van der Waals surface area contributed by atoms with Crippen molar-refractivity contribution in [3.63, 3.8) is 0 Å².